The summed E-state index contributed by atoms with van der Waals surface area (Å²) in [5.41, 5.74) is 0. The van der Waals surface area contributed by atoms with E-state index >= 15 is 0 Å². The third kappa shape index (κ3) is 1.86. The average Bonchev–Trinajstić information content (AvgIpc) is 2.93. The molecule has 1 fully saturated rings. The van der Waals surface area contributed by atoms with Crippen LogP contribution in [0.25, 0.3) is 0 Å². The first-order valence-electron chi connectivity index (χ1n) is 5.83. The van der Waals surface area contributed by atoms with Crippen LogP contribution in [0.5, 0.6) is 0 Å². The van der Waals surface area contributed by atoms with Crippen molar-refractivity contribution in [3.63, 3.8) is 0 Å². The monoisotopic (exact) mass is 203 g/mol. The molecule has 1 unspecified atom stereocenters. The largest absolute Gasteiger partial charge is 0.468 e. The van der Waals surface area contributed by atoms with E-state index in [-0.39, 0.29) is 0 Å². The maximum absolute atomic E-state index is 5.28. The lowest BCUT2D eigenvalue weighted by atomic mass is 9.94. The van der Waals surface area contributed by atoms with Gasteiger partial charge in [-0.3, -0.25) is 0 Å². The van der Waals surface area contributed by atoms with Crippen LogP contribution in [0.4, 0.5) is 0 Å². The molecular formula is C13H17NO. The van der Waals surface area contributed by atoms with Crippen molar-refractivity contribution in [3.8, 4) is 0 Å². The molecule has 2 nitrogen and oxygen atoms in total. The van der Waals surface area contributed by atoms with E-state index in [9.17, 15) is 0 Å². The van der Waals surface area contributed by atoms with Gasteiger partial charge in [-0.2, -0.15) is 0 Å². The lowest BCUT2D eigenvalue weighted by Gasteiger charge is -2.17. The predicted molar refractivity (Wildman–Crippen MR) is 59.3 cm³/mol. The van der Waals surface area contributed by atoms with Gasteiger partial charge in [0.25, 0.3) is 0 Å². The van der Waals surface area contributed by atoms with Crippen LogP contribution in [0.3, 0.4) is 0 Å². The maximum atomic E-state index is 5.28. The third-order valence-electron chi connectivity index (χ3n) is 3.70. The molecule has 0 amide bonds. The SMILES string of the molecule is C1=C[C@H]2C[C@@H]1CC2CNCc1ccco1. The Morgan fingerprint density at radius 2 is 2.33 bits per heavy atom. The summed E-state index contributed by atoms with van der Waals surface area (Å²) in [6, 6.07) is 3.96. The van der Waals surface area contributed by atoms with E-state index in [1.165, 1.54) is 12.8 Å². The zero-order valence-electron chi connectivity index (χ0n) is 8.86. The summed E-state index contributed by atoms with van der Waals surface area (Å²) < 4.78 is 5.28. The smallest absolute Gasteiger partial charge is 0.117 e. The second-order valence-corrected chi connectivity index (χ2v) is 4.75. The number of nitrogens with one attached hydrogen (secondary N) is 1. The van der Waals surface area contributed by atoms with Crippen LogP contribution in [0.1, 0.15) is 18.6 Å². The molecule has 15 heavy (non-hydrogen) atoms. The summed E-state index contributed by atoms with van der Waals surface area (Å²) in [4.78, 5) is 0. The fourth-order valence-electron chi connectivity index (χ4n) is 2.92. The molecule has 1 aromatic heterocycles. The standard InChI is InChI=1S/C13H17NO/c1-2-13(15-5-1)9-14-8-12-7-10-3-4-11(12)6-10/h1-5,10-12,14H,6-9H2/t10-,11+,12?/m1/s1. The van der Waals surface area contributed by atoms with E-state index in [1.54, 1.807) is 6.26 Å². The van der Waals surface area contributed by atoms with E-state index in [2.05, 4.69) is 17.5 Å². The molecule has 0 spiro atoms. The summed E-state index contributed by atoms with van der Waals surface area (Å²) in [6.45, 7) is 2.00. The number of hydrogen-bond acceptors (Lipinski definition) is 2. The van der Waals surface area contributed by atoms with Crippen LogP contribution >= 0.6 is 0 Å². The first-order valence-corrected chi connectivity index (χ1v) is 5.83. The highest BCUT2D eigenvalue weighted by Gasteiger charge is 2.34. The summed E-state index contributed by atoms with van der Waals surface area (Å²) in [5, 5.41) is 3.49. The molecule has 1 heterocycles. The van der Waals surface area contributed by atoms with Crippen LogP contribution in [0.15, 0.2) is 35.0 Å². The number of hydrogen-bond donors (Lipinski definition) is 1. The molecule has 80 valence electrons. The second-order valence-electron chi connectivity index (χ2n) is 4.75. The number of fused-ring (bicyclic) bond motifs is 2. The molecule has 2 bridgehead atoms. The molecule has 1 aromatic rings. The van der Waals surface area contributed by atoms with E-state index in [1.807, 2.05) is 12.1 Å². The minimum absolute atomic E-state index is 0.846. The zero-order chi connectivity index (χ0) is 10.1. The van der Waals surface area contributed by atoms with Crippen molar-refractivity contribution < 1.29 is 4.42 Å². The van der Waals surface area contributed by atoms with E-state index in [4.69, 9.17) is 4.42 Å². The molecule has 2 aliphatic carbocycles. The van der Waals surface area contributed by atoms with Crippen molar-refractivity contribution in [3.05, 3.63) is 36.3 Å². The van der Waals surface area contributed by atoms with Crippen molar-refractivity contribution in [1.82, 2.24) is 5.32 Å². The molecule has 2 heteroatoms. The summed E-state index contributed by atoms with van der Waals surface area (Å²) in [5.74, 6) is 3.62. The van der Waals surface area contributed by atoms with E-state index in [0.717, 1.165) is 36.6 Å². The van der Waals surface area contributed by atoms with Crippen LogP contribution in [0.2, 0.25) is 0 Å². The fraction of sp³-hybridized carbons (Fsp3) is 0.538. The van der Waals surface area contributed by atoms with Gasteiger partial charge < -0.3 is 9.73 Å². The molecule has 3 atom stereocenters. The maximum Gasteiger partial charge on any atom is 0.117 e. The van der Waals surface area contributed by atoms with E-state index in [0.29, 0.717) is 0 Å². The Morgan fingerprint density at radius 3 is 3.00 bits per heavy atom. The van der Waals surface area contributed by atoms with E-state index < -0.39 is 0 Å². The van der Waals surface area contributed by atoms with Gasteiger partial charge >= 0.3 is 0 Å². The minimum atomic E-state index is 0.846. The Morgan fingerprint density at radius 1 is 1.33 bits per heavy atom. The van der Waals surface area contributed by atoms with Gasteiger partial charge in [0, 0.05) is 0 Å². The summed E-state index contributed by atoms with van der Waals surface area (Å²) in [7, 11) is 0. The van der Waals surface area contributed by atoms with Gasteiger partial charge in [-0.15, -0.1) is 0 Å². The summed E-state index contributed by atoms with van der Waals surface area (Å²) >= 11 is 0. The van der Waals surface area contributed by atoms with Gasteiger partial charge in [0.15, 0.2) is 0 Å². The molecule has 0 saturated heterocycles. The van der Waals surface area contributed by atoms with Gasteiger partial charge in [0.1, 0.15) is 5.76 Å². The third-order valence-corrected chi connectivity index (χ3v) is 3.70. The number of rotatable bonds is 4. The molecule has 3 rings (SSSR count). The van der Waals surface area contributed by atoms with Gasteiger partial charge in [0.2, 0.25) is 0 Å². The molecule has 1 N–H and O–H groups in total. The van der Waals surface area contributed by atoms with Crippen molar-refractivity contribution in [2.24, 2.45) is 17.8 Å². The molecule has 2 aliphatic rings. The average molecular weight is 203 g/mol. The fourth-order valence-corrected chi connectivity index (χ4v) is 2.92. The van der Waals surface area contributed by atoms with Gasteiger partial charge in [-0.25, -0.2) is 0 Å². The zero-order valence-corrected chi connectivity index (χ0v) is 8.86. The number of furan rings is 1. The van der Waals surface area contributed by atoms with Crippen molar-refractivity contribution in [1.29, 1.82) is 0 Å². The first kappa shape index (κ1) is 9.22. The molecular weight excluding hydrogens is 186 g/mol. The minimum Gasteiger partial charge on any atom is -0.468 e. The van der Waals surface area contributed by atoms with Crippen LogP contribution < -0.4 is 5.32 Å². The Labute approximate surface area is 90.4 Å². The number of allylic oxidation sites excluding steroid dienone is 2. The van der Waals surface area contributed by atoms with Crippen LogP contribution in [-0.4, -0.2) is 6.54 Å². The Bertz CT molecular complexity index is 341. The highest BCUT2D eigenvalue weighted by Crippen LogP contribution is 2.42. The lowest BCUT2D eigenvalue weighted by molar-refractivity contribution is 0.397. The second kappa shape index (κ2) is 3.86. The normalized spacial score (nSPS) is 32.7. The lowest BCUT2D eigenvalue weighted by Crippen LogP contribution is -2.24. The Balaban J connectivity index is 1.45. The quantitative estimate of drug-likeness (QED) is 0.761. The van der Waals surface area contributed by atoms with Crippen LogP contribution in [-0.2, 0) is 6.54 Å². The van der Waals surface area contributed by atoms with Crippen molar-refractivity contribution in [2.45, 2.75) is 19.4 Å². The van der Waals surface area contributed by atoms with Crippen molar-refractivity contribution >= 4 is 0 Å². The Kier molecular flexibility index (Phi) is 2.37. The highest BCUT2D eigenvalue weighted by molar-refractivity contribution is 5.10. The van der Waals surface area contributed by atoms with Gasteiger partial charge in [-0.1, -0.05) is 12.2 Å². The van der Waals surface area contributed by atoms with Crippen molar-refractivity contribution in [2.75, 3.05) is 6.54 Å². The van der Waals surface area contributed by atoms with Gasteiger partial charge in [-0.05, 0) is 49.3 Å². The molecule has 1 saturated carbocycles. The molecule has 0 radical (unpaired) electrons. The molecule has 0 aromatic carbocycles. The van der Waals surface area contributed by atoms with Gasteiger partial charge in [0.05, 0.1) is 12.8 Å². The first-order chi connectivity index (χ1) is 7.42. The topological polar surface area (TPSA) is 25.2 Å². The Hall–Kier alpha value is -1.02. The van der Waals surface area contributed by atoms with Crippen LogP contribution in [0, 0.1) is 17.8 Å². The summed E-state index contributed by atoms with van der Waals surface area (Å²) in [6.07, 6.45) is 9.32. The highest BCUT2D eigenvalue weighted by atomic mass is 16.3. The molecule has 0 aliphatic heterocycles. The predicted octanol–water partition coefficient (Wildman–Crippen LogP) is 2.58.